The van der Waals surface area contributed by atoms with Gasteiger partial charge in [0.15, 0.2) is 0 Å². The predicted octanol–water partition coefficient (Wildman–Crippen LogP) is 1.70. The summed E-state index contributed by atoms with van der Waals surface area (Å²) in [4.78, 5) is 0. The van der Waals surface area contributed by atoms with Crippen LogP contribution in [0.4, 0.5) is 0 Å². The van der Waals surface area contributed by atoms with E-state index in [1.54, 1.807) is 0 Å². The molecule has 3 atom stereocenters. The van der Waals surface area contributed by atoms with E-state index in [0.29, 0.717) is 11.5 Å². The largest absolute Gasteiger partial charge is 0.309 e. The zero-order chi connectivity index (χ0) is 9.14. The quantitative estimate of drug-likeness (QED) is 0.599. The summed E-state index contributed by atoms with van der Waals surface area (Å²) in [5.74, 6) is 1.27. The topological polar surface area (TPSA) is 35.8 Å². The Balaban J connectivity index is 2.57. The lowest BCUT2D eigenvalue weighted by molar-refractivity contribution is 0.271. The molecule has 0 aromatic heterocycles. The second kappa shape index (κ2) is 3.73. The summed E-state index contributed by atoms with van der Waals surface area (Å²) in [5.41, 5.74) is 0.675. The Labute approximate surface area is 74.3 Å². The molecule has 0 aliphatic carbocycles. The highest BCUT2D eigenvalue weighted by molar-refractivity contribution is 5.24. The van der Waals surface area contributed by atoms with Gasteiger partial charge in [-0.3, -0.25) is 0 Å². The molecule has 1 aliphatic rings. The summed E-state index contributed by atoms with van der Waals surface area (Å²) < 4.78 is 0. The third-order valence-electron chi connectivity index (χ3n) is 2.55. The SMILES string of the molecule is C=C(C#N)C1NCC(C)CC1C. The average molecular weight is 164 g/mol. The van der Waals surface area contributed by atoms with Crippen LogP contribution in [-0.4, -0.2) is 12.6 Å². The highest BCUT2D eigenvalue weighted by Gasteiger charge is 2.26. The van der Waals surface area contributed by atoms with E-state index in [1.807, 2.05) is 0 Å². The summed E-state index contributed by atoms with van der Waals surface area (Å²) in [6.07, 6.45) is 1.19. The fraction of sp³-hybridized carbons (Fsp3) is 0.700. The number of nitrogens with one attached hydrogen (secondary N) is 1. The van der Waals surface area contributed by atoms with Gasteiger partial charge in [-0.25, -0.2) is 0 Å². The summed E-state index contributed by atoms with van der Waals surface area (Å²) in [5, 5.41) is 12.0. The van der Waals surface area contributed by atoms with Gasteiger partial charge >= 0.3 is 0 Å². The minimum atomic E-state index is 0.214. The Morgan fingerprint density at radius 2 is 2.25 bits per heavy atom. The first-order valence-corrected chi connectivity index (χ1v) is 4.47. The van der Waals surface area contributed by atoms with Gasteiger partial charge in [0.05, 0.1) is 6.07 Å². The molecule has 1 aliphatic heterocycles. The van der Waals surface area contributed by atoms with E-state index in [0.717, 1.165) is 12.5 Å². The normalized spacial score (nSPS) is 35.6. The van der Waals surface area contributed by atoms with Crippen molar-refractivity contribution in [1.82, 2.24) is 5.32 Å². The summed E-state index contributed by atoms with van der Waals surface area (Å²) >= 11 is 0. The predicted molar refractivity (Wildman–Crippen MR) is 49.5 cm³/mol. The summed E-state index contributed by atoms with van der Waals surface area (Å²) in [6.45, 7) is 9.17. The fourth-order valence-corrected chi connectivity index (χ4v) is 1.92. The van der Waals surface area contributed by atoms with Crippen LogP contribution < -0.4 is 5.32 Å². The molecule has 2 nitrogen and oxygen atoms in total. The lowest BCUT2D eigenvalue weighted by Crippen LogP contribution is -2.44. The summed E-state index contributed by atoms with van der Waals surface area (Å²) in [6, 6.07) is 2.34. The van der Waals surface area contributed by atoms with Crippen molar-refractivity contribution in [2.75, 3.05) is 6.54 Å². The van der Waals surface area contributed by atoms with E-state index in [-0.39, 0.29) is 6.04 Å². The van der Waals surface area contributed by atoms with Gasteiger partial charge in [0.2, 0.25) is 0 Å². The van der Waals surface area contributed by atoms with E-state index in [9.17, 15) is 0 Å². The molecule has 1 saturated heterocycles. The second-order valence-electron chi connectivity index (χ2n) is 3.84. The average Bonchev–Trinajstić information content (AvgIpc) is 2.03. The smallest absolute Gasteiger partial charge is 0.0957 e. The van der Waals surface area contributed by atoms with E-state index in [4.69, 9.17) is 5.26 Å². The first-order chi connectivity index (χ1) is 5.65. The molecule has 66 valence electrons. The molecule has 1 rings (SSSR count). The highest BCUT2D eigenvalue weighted by Crippen LogP contribution is 2.23. The molecule has 2 heteroatoms. The second-order valence-corrected chi connectivity index (χ2v) is 3.84. The van der Waals surface area contributed by atoms with Gasteiger partial charge in [0.25, 0.3) is 0 Å². The van der Waals surface area contributed by atoms with Gasteiger partial charge in [0.1, 0.15) is 0 Å². The van der Waals surface area contributed by atoms with Crippen molar-refractivity contribution in [3.8, 4) is 6.07 Å². The van der Waals surface area contributed by atoms with Crippen LogP contribution in [0.15, 0.2) is 12.2 Å². The molecule has 0 bridgehead atoms. The zero-order valence-electron chi connectivity index (χ0n) is 7.80. The van der Waals surface area contributed by atoms with E-state index >= 15 is 0 Å². The van der Waals surface area contributed by atoms with Gasteiger partial charge < -0.3 is 5.32 Å². The van der Waals surface area contributed by atoms with E-state index < -0.39 is 0 Å². The van der Waals surface area contributed by atoms with Crippen LogP contribution in [0, 0.1) is 23.2 Å². The van der Waals surface area contributed by atoms with Gasteiger partial charge in [-0.15, -0.1) is 0 Å². The molecule has 0 aromatic rings. The molecular weight excluding hydrogens is 148 g/mol. The lowest BCUT2D eigenvalue weighted by atomic mass is 9.84. The van der Waals surface area contributed by atoms with Gasteiger partial charge in [-0.05, 0) is 24.8 Å². The Bertz CT molecular complexity index is 214. The zero-order valence-corrected chi connectivity index (χ0v) is 7.80. The third-order valence-corrected chi connectivity index (χ3v) is 2.55. The Hall–Kier alpha value is -0.810. The minimum Gasteiger partial charge on any atom is -0.309 e. The van der Waals surface area contributed by atoms with Crippen molar-refractivity contribution >= 4 is 0 Å². The van der Waals surface area contributed by atoms with Crippen LogP contribution >= 0.6 is 0 Å². The maximum absolute atomic E-state index is 8.68. The molecule has 1 fully saturated rings. The molecule has 1 N–H and O–H groups in total. The number of hydrogen-bond donors (Lipinski definition) is 1. The molecule has 1 heterocycles. The van der Waals surface area contributed by atoms with Gasteiger partial charge in [-0.2, -0.15) is 5.26 Å². The van der Waals surface area contributed by atoms with Crippen LogP contribution in [0.1, 0.15) is 20.3 Å². The molecule has 0 spiro atoms. The maximum Gasteiger partial charge on any atom is 0.0957 e. The number of nitrogens with zero attached hydrogens (tertiary/aromatic N) is 1. The van der Waals surface area contributed by atoms with Crippen molar-refractivity contribution in [3.05, 3.63) is 12.2 Å². The van der Waals surface area contributed by atoms with Crippen molar-refractivity contribution in [2.24, 2.45) is 11.8 Å². The number of hydrogen-bond acceptors (Lipinski definition) is 2. The Kier molecular flexibility index (Phi) is 2.88. The molecular formula is C10H16N2. The fourth-order valence-electron chi connectivity index (χ4n) is 1.92. The Morgan fingerprint density at radius 3 is 2.75 bits per heavy atom. The summed E-state index contributed by atoms with van der Waals surface area (Å²) in [7, 11) is 0. The number of rotatable bonds is 1. The van der Waals surface area contributed by atoms with E-state index in [1.165, 1.54) is 6.42 Å². The molecule has 12 heavy (non-hydrogen) atoms. The van der Waals surface area contributed by atoms with Crippen LogP contribution in [0.25, 0.3) is 0 Å². The lowest BCUT2D eigenvalue weighted by Gasteiger charge is -2.33. The number of piperidine rings is 1. The molecule has 0 amide bonds. The van der Waals surface area contributed by atoms with Crippen molar-refractivity contribution in [2.45, 2.75) is 26.3 Å². The third kappa shape index (κ3) is 1.86. The minimum absolute atomic E-state index is 0.214. The van der Waals surface area contributed by atoms with Crippen LogP contribution in [0.3, 0.4) is 0 Å². The van der Waals surface area contributed by atoms with Crippen LogP contribution in [0.2, 0.25) is 0 Å². The molecule has 0 aromatic carbocycles. The van der Waals surface area contributed by atoms with E-state index in [2.05, 4.69) is 31.8 Å². The maximum atomic E-state index is 8.68. The van der Waals surface area contributed by atoms with Crippen molar-refractivity contribution in [3.63, 3.8) is 0 Å². The van der Waals surface area contributed by atoms with Crippen molar-refractivity contribution < 1.29 is 0 Å². The molecule has 0 radical (unpaired) electrons. The van der Waals surface area contributed by atoms with Crippen LogP contribution in [0.5, 0.6) is 0 Å². The standard InChI is InChI=1S/C10H16N2/c1-7-4-8(2)10(12-6-7)9(3)5-11/h7-8,10,12H,3-4,6H2,1-2H3. The first-order valence-electron chi connectivity index (χ1n) is 4.47. The first kappa shape index (κ1) is 9.28. The Morgan fingerprint density at radius 1 is 1.58 bits per heavy atom. The van der Waals surface area contributed by atoms with Gasteiger partial charge in [-0.1, -0.05) is 20.4 Å². The van der Waals surface area contributed by atoms with Crippen molar-refractivity contribution in [1.29, 1.82) is 5.26 Å². The highest BCUT2D eigenvalue weighted by atomic mass is 14.9. The monoisotopic (exact) mass is 164 g/mol. The number of nitriles is 1. The molecule has 0 saturated carbocycles. The van der Waals surface area contributed by atoms with Crippen LogP contribution in [-0.2, 0) is 0 Å². The van der Waals surface area contributed by atoms with Gasteiger partial charge in [0, 0.05) is 11.6 Å². The molecule has 3 unspecified atom stereocenters.